The Bertz CT molecular complexity index is 1620. The third-order valence-electron chi connectivity index (χ3n) is 15.7. The van der Waals surface area contributed by atoms with Crippen molar-refractivity contribution in [3.8, 4) is 0 Å². The molecular formula is C72H124N2Ni. The molecule has 0 fully saturated rings. The molecule has 0 aliphatic rings. The Morgan fingerprint density at radius 2 is 0.533 bits per heavy atom. The molecule has 0 aliphatic carbocycles. The summed E-state index contributed by atoms with van der Waals surface area (Å²) in [6, 6.07) is 17.8. The van der Waals surface area contributed by atoms with Crippen molar-refractivity contribution in [2.24, 2.45) is 9.98 Å². The van der Waals surface area contributed by atoms with Crippen molar-refractivity contribution in [1.82, 2.24) is 0 Å². The first-order valence-corrected chi connectivity index (χ1v) is 33.4. The van der Waals surface area contributed by atoms with Gasteiger partial charge in [-0.25, -0.2) is 0 Å². The van der Waals surface area contributed by atoms with E-state index in [4.69, 9.17) is 9.98 Å². The Hall–Kier alpha value is -2.25. The number of hydrogen-bond donors (Lipinski definition) is 0. The maximum absolute atomic E-state index is 5.40. The molecule has 75 heavy (non-hydrogen) atoms. The van der Waals surface area contributed by atoms with Gasteiger partial charge in [-0.05, 0) is 86.8 Å². The van der Waals surface area contributed by atoms with Crippen LogP contribution < -0.4 is 0 Å². The van der Waals surface area contributed by atoms with Crippen LogP contribution in [0.15, 0.2) is 70.7 Å². The van der Waals surface area contributed by atoms with Gasteiger partial charge in [0.2, 0.25) is 0 Å². The Balaban J connectivity index is 0.0000281. The van der Waals surface area contributed by atoms with Crippen molar-refractivity contribution in [3.63, 3.8) is 0 Å². The van der Waals surface area contributed by atoms with Crippen molar-refractivity contribution in [2.45, 2.75) is 349 Å². The minimum absolute atomic E-state index is 0. The third kappa shape index (κ3) is 45.3. The smallest absolute Gasteiger partial charge is 0.0639 e. The van der Waals surface area contributed by atoms with Crippen molar-refractivity contribution in [2.75, 3.05) is 0 Å². The minimum Gasteiger partial charge on any atom is -0.252 e. The van der Waals surface area contributed by atoms with E-state index in [0.717, 1.165) is 49.9 Å². The number of hydrogen-bond acceptors (Lipinski definition) is 2. The summed E-state index contributed by atoms with van der Waals surface area (Å²) in [5.74, 6) is 0. The van der Waals surface area contributed by atoms with E-state index < -0.39 is 0 Å². The van der Waals surface area contributed by atoms with Crippen LogP contribution in [0.2, 0.25) is 0 Å². The summed E-state index contributed by atoms with van der Waals surface area (Å²) in [5.41, 5.74) is 6.98. The average molecular weight is 1080 g/mol. The van der Waals surface area contributed by atoms with Gasteiger partial charge in [0.15, 0.2) is 0 Å². The molecule has 0 saturated heterocycles. The van der Waals surface area contributed by atoms with E-state index in [-0.39, 0.29) is 16.5 Å². The van der Waals surface area contributed by atoms with Crippen LogP contribution in [0.1, 0.15) is 360 Å². The summed E-state index contributed by atoms with van der Waals surface area (Å²) >= 11 is 0. The van der Waals surface area contributed by atoms with E-state index in [1.165, 1.54) is 305 Å². The van der Waals surface area contributed by atoms with Gasteiger partial charge in [-0.1, -0.05) is 346 Å². The normalized spacial score (nSPS) is 12.2. The van der Waals surface area contributed by atoms with Crippen molar-refractivity contribution in [3.05, 3.63) is 71.8 Å². The first-order chi connectivity index (χ1) is 36.7. The van der Waals surface area contributed by atoms with Crippen molar-refractivity contribution >= 4 is 35.0 Å². The first-order valence-electron chi connectivity index (χ1n) is 33.4. The van der Waals surface area contributed by atoms with Crippen LogP contribution in [0.3, 0.4) is 0 Å². The monoisotopic (exact) mass is 1070 g/mol. The van der Waals surface area contributed by atoms with Gasteiger partial charge in [0.25, 0.3) is 0 Å². The first kappa shape index (κ1) is 70.8. The number of rotatable bonds is 55. The molecule has 0 radical (unpaired) electrons. The molecule has 0 aliphatic heterocycles. The summed E-state index contributed by atoms with van der Waals surface area (Å²) in [4.78, 5) is 10.8. The molecule has 0 amide bonds. The molecule has 2 aromatic carbocycles. The van der Waals surface area contributed by atoms with Gasteiger partial charge in [0, 0.05) is 16.5 Å². The maximum atomic E-state index is 5.40. The van der Waals surface area contributed by atoms with Gasteiger partial charge >= 0.3 is 0 Å². The van der Waals surface area contributed by atoms with E-state index in [2.05, 4.69) is 101 Å². The maximum Gasteiger partial charge on any atom is 0.0639 e. The predicted molar refractivity (Wildman–Crippen MR) is 339 cm³/mol. The number of allylic oxidation sites excluding steroid dienone is 2. The fourth-order valence-electron chi connectivity index (χ4n) is 10.8. The Labute approximate surface area is 479 Å². The second kappa shape index (κ2) is 56.5. The SMILES string of the molecule is CCCCCCCCCCCCCCCCCCCCCCC=Cc1cccc(N=C(CCCC)C(CCCCCC)=Nc2cccc(C=CCCCCCCCCCCCCCCCCCCCCCC)c2)c1.[Ni]. The van der Waals surface area contributed by atoms with Crippen LogP contribution in [-0.4, -0.2) is 11.4 Å². The summed E-state index contributed by atoms with van der Waals surface area (Å²) < 4.78 is 0. The molecule has 0 atom stereocenters. The molecule has 3 heteroatoms. The van der Waals surface area contributed by atoms with E-state index >= 15 is 0 Å². The molecule has 0 unspecified atom stereocenters. The van der Waals surface area contributed by atoms with Crippen LogP contribution in [0.25, 0.3) is 12.2 Å². The standard InChI is InChI=1S/C72H124N2.Ni/c1-5-9-13-16-18-20-22-24-26-28-30-32-34-36-38-40-42-44-46-48-50-52-57-67-59-55-61-69(65-67)73-71(63-12-8-4)72(64-54-15-11-7-3)74-70-62-56-60-68(66-70)58-53-51-49-47-45-43-41-39-37-35-33-31-29-27-25-23-21-19-17-14-10-6-2;/h52-53,55-62,65-66H,5-51,54,63-64H2,1-4H3;. The number of unbranched alkanes of at least 4 members (excludes halogenated alkanes) is 44. The third-order valence-corrected chi connectivity index (χ3v) is 15.7. The van der Waals surface area contributed by atoms with Gasteiger partial charge in [-0.3, -0.25) is 9.98 Å². The Morgan fingerprint density at radius 1 is 0.293 bits per heavy atom. The van der Waals surface area contributed by atoms with Gasteiger partial charge in [-0.15, -0.1) is 0 Å². The second-order valence-electron chi connectivity index (χ2n) is 23.0. The summed E-state index contributed by atoms with van der Waals surface area (Å²) in [5, 5.41) is 0. The molecule has 0 aromatic heterocycles. The predicted octanol–water partition coefficient (Wildman–Crippen LogP) is 26.1. The van der Waals surface area contributed by atoms with Gasteiger partial charge in [0.1, 0.15) is 0 Å². The molecule has 0 saturated carbocycles. The molecule has 0 spiro atoms. The van der Waals surface area contributed by atoms with E-state index in [1.54, 1.807) is 0 Å². The number of aliphatic imine (C=N–C) groups is 2. The van der Waals surface area contributed by atoms with Crippen LogP contribution >= 0.6 is 0 Å². The fourth-order valence-corrected chi connectivity index (χ4v) is 10.8. The van der Waals surface area contributed by atoms with Gasteiger partial charge < -0.3 is 0 Å². The quantitative estimate of drug-likeness (QED) is 0.0358. The van der Waals surface area contributed by atoms with Crippen molar-refractivity contribution < 1.29 is 16.5 Å². The van der Waals surface area contributed by atoms with Crippen LogP contribution in [0.5, 0.6) is 0 Å². The van der Waals surface area contributed by atoms with Crippen LogP contribution in [0, 0.1) is 0 Å². The van der Waals surface area contributed by atoms with E-state index in [1.807, 2.05) is 0 Å². The zero-order chi connectivity index (χ0) is 52.7. The molecule has 0 N–H and O–H groups in total. The molecule has 2 aromatic rings. The Morgan fingerprint density at radius 3 is 0.813 bits per heavy atom. The number of benzene rings is 2. The van der Waals surface area contributed by atoms with Crippen LogP contribution in [-0.2, 0) is 16.5 Å². The molecule has 432 valence electrons. The largest absolute Gasteiger partial charge is 0.252 e. The average Bonchev–Trinajstić information content (AvgIpc) is 3.41. The Kier molecular flexibility index (Phi) is 53.3. The molecule has 2 rings (SSSR count). The van der Waals surface area contributed by atoms with Gasteiger partial charge in [-0.2, -0.15) is 0 Å². The van der Waals surface area contributed by atoms with Crippen molar-refractivity contribution in [1.29, 1.82) is 0 Å². The topological polar surface area (TPSA) is 24.7 Å². The summed E-state index contributed by atoms with van der Waals surface area (Å²) in [7, 11) is 0. The second-order valence-corrected chi connectivity index (χ2v) is 23.0. The molecule has 2 nitrogen and oxygen atoms in total. The molecule has 0 bridgehead atoms. The van der Waals surface area contributed by atoms with E-state index in [9.17, 15) is 0 Å². The van der Waals surface area contributed by atoms with E-state index in [0.29, 0.717) is 0 Å². The molecule has 0 heterocycles. The fraction of sp³-hybridized carbons (Fsp3) is 0.750. The van der Waals surface area contributed by atoms with Gasteiger partial charge in [0.05, 0.1) is 22.8 Å². The number of nitrogens with zero attached hydrogens (tertiary/aromatic N) is 2. The summed E-state index contributed by atoms with van der Waals surface area (Å²) in [6.45, 7) is 9.21. The zero-order valence-corrected chi connectivity index (χ0v) is 51.5. The van der Waals surface area contributed by atoms with Crippen LogP contribution in [0.4, 0.5) is 11.4 Å². The minimum atomic E-state index is 0. The molecular weight excluding hydrogens is 951 g/mol. The zero-order valence-electron chi connectivity index (χ0n) is 50.5. The summed E-state index contributed by atoms with van der Waals surface area (Å²) in [6.07, 6.45) is 78.2.